The molecule has 0 aliphatic carbocycles. The minimum Gasteiger partial charge on any atom is -0.465 e. The zero-order valence-electron chi connectivity index (χ0n) is 17.4. The first-order valence-electron chi connectivity index (χ1n) is 9.53. The lowest BCUT2D eigenvalue weighted by Crippen LogP contribution is -2.06. The summed E-state index contributed by atoms with van der Waals surface area (Å²) in [5.74, 6) is -0.254. The second-order valence-electron chi connectivity index (χ2n) is 7.05. The molecule has 0 radical (unpaired) electrons. The Hall–Kier alpha value is -2.81. The maximum Gasteiger partial charge on any atom is 0.337 e. The Morgan fingerprint density at radius 3 is 2.50 bits per heavy atom. The number of carbonyl (C=O) groups excluding carboxylic acids is 2. The zero-order chi connectivity index (χ0) is 23.0. The Morgan fingerprint density at radius 1 is 1.09 bits per heavy atom. The van der Waals surface area contributed by atoms with Gasteiger partial charge in [0.15, 0.2) is 16.6 Å². The topological polar surface area (TPSA) is 78.5 Å². The van der Waals surface area contributed by atoms with E-state index >= 15 is 0 Å². The van der Waals surface area contributed by atoms with Crippen LogP contribution in [-0.4, -0.2) is 43.8 Å². The predicted octanol–water partition coefficient (Wildman–Crippen LogP) is 5.21. The van der Waals surface area contributed by atoms with Gasteiger partial charge in [-0.2, -0.15) is 0 Å². The molecule has 0 unspecified atom stereocenters. The minimum atomic E-state index is -0.394. The molecule has 0 aliphatic rings. The van der Waals surface area contributed by atoms with Crippen LogP contribution in [0.15, 0.2) is 47.8 Å². The fourth-order valence-corrected chi connectivity index (χ4v) is 4.82. The number of esters is 1. The van der Waals surface area contributed by atoms with E-state index in [2.05, 4.69) is 10.2 Å². The number of benzene rings is 1. The molecular formula is C22H18Cl2N4O3S. The van der Waals surface area contributed by atoms with E-state index in [9.17, 15) is 9.59 Å². The summed E-state index contributed by atoms with van der Waals surface area (Å²) in [4.78, 5) is 24.7. The first-order valence-corrected chi connectivity index (χ1v) is 11.3. The highest BCUT2D eigenvalue weighted by atomic mass is 35.5. The maximum atomic E-state index is 13.0. The molecule has 0 aliphatic heterocycles. The Morgan fingerprint density at radius 2 is 1.81 bits per heavy atom. The number of hydrogen-bond acceptors (Lipinski definition) is 6. The van der Waals surface area contributed by atoms with Gasteiger partial charge in [0.1, 0.15) is 0 Å². The lowest BCUT2D eigenvalue weighted by atomic mass is 10.2. The first-order chi connectivity index (χ1) is 15.3. The molecule has 3 aromatic heterocycles. The summed E-state index contributed by atoms with van der Waals surface area (Å²) >= 11 is 13.5. The van der Waals surface area contributed by atoms with Gasteiger partial charge in [-0.1, -0.05) is 35.0 Å². The van der Waals surface area contributed by atoms with Gasteiger partial charge in [-0.05, 0) is 50.2 Å². The molecule has 0 amide bonds. The molecule has 3 heterocycles. The molecule has 0 saturated carbocycles. The van der Waals surface area contributed by atoms with E-state index in [-0.39, 0.29) is 11.5 Å². The van der Waals surface area contributed by atoms with E-state index in [0.717, 1.165) is 17.1 Å². The normalized spacial score (nSPS) is 11.2. The Balaban J connectivity index is 1.56. The maximum absolute atomic E-state index is 13.0. The average Bonchev–Trinajstić information content (AvgIpc) is 3.31. The van der Waals surface area contributed by atoms with Crippen molar-refractivity contribution in [3.63, 3.8) is 0 Å². The molecule has 0 atom stereocenters. The highest BCUT2D eigenvalue weighted by Crippen LogP contribution is 2.27. The van der Waals surface area contributed by atoms with Crippen molar-refractivity contribution in [3.05, 3.63) is 75.2 Å². The summed E-state index contributed by atoms with van der Waals surface area (Å²) in [5, 5.41) is 9.57. The van der Waals surface area contributed by atoms with Gasteiger partial charge in [0.25, 0.3) is 0 Å². The largest absolute Gasteiger partial charge is 0.465 e. The quantitative estimate of drug-likeness (QED) is 0.210. The van der Waals surface area contributed by atoms with Crippen molar-refractivity contribution >= 4 is 52.4 Å². The van der Waals surface area contributed by atoms with Gasteiger partial charge in [-0.25, -0.2) is 4.79 Å². The lowest BCUT2D eigenvalue weighted by Gasteiger charge is -2.10. The standard InChI is InChI=1S/C22H18Cl2N4O3S/c1-12-8-17(13(2)28(12)16-6-4-14(5-7-16)21(30)31-3)19(29)11-32-22-26-25-20-18(24)9-15(23)10-27(20)22/h4-10H,11H2,1-3H3. The van der Waals surface area contributed by atoms with Crippen LogP contribution in [0.5, 0.6) is 0 Å². The van der Waals surface area contributed by atoms with Crippen LogP contribution in [0.4, 0.5) is 0 Å². The second-order valence-corrected chi connectivity index (χ2v) is 8.84. The number of thioether (sulfide) groups is 1. The van der Waals surface area contributed by atoms with E-state index < -0.39 is 5.97 Å². The highest BCUT2D eigenvalue weighted by molar-refractivity contribution is 7.99. The van der Waals surface area contributed by atoms with Crippen LogP contribution in [0.2, 0.25) is 10.0 Å². The third-order valence-electron chi connectivity index (χ3n) is 5.01. The lowest BCUT2D eigenvalue weighted by molar-refractivity contribution is 0.0600. The second kappa shape index (κ2) is 8.97. The van der Waals surface area contributed by atoms with Crippen molar-refractivity contribution in [2.75, 3.05) is 12.9 Å². The van der Waals surface area contributed by atoms with E-state index in [4.69, 9.17) is 27.9 Å². The fourth-order valence-electron chi connectivity index (χ4n) is 3.52. The Labute approximate surface area is 198 Å². The van der Waals surface area contributed by atoms with E-state index in [1.807, 2.05) is 36.6 Å². The number of hydrogen-bond donors (Lipinski definition) is 0. The Kier molecular flexibility index (Phi) is 6.28. The number of halogens is 2. The van der Waals surface area contributed by atoms with E-state index in [0.29, 0.717) is 32.0 Å². The third-order valence-corrected chi connectivity index (χ3v) is 6.43. The summed E-state index contributed by atoms with van der Waals surface area (Å²) in [6, 6.07) is 10.5. The number of aryl methyl sites for hydroxylation is 1. The van der Waals surface area contributed by atoms with Crippen LogP contribution in [0.1, 0.15) is 32.1 Å². The van der Waals surface area contributed by atoms with Crippen LogP contribution >= 0.6 is 35.0 Å². The van der Waals surface area contributed by atoms with E-state index in [1.54, 1.807) is 28.8 Å². The molecule has 0 bridgehead atoms. The number of aromatic nitrogens is 4. The molecule has 0 saturated heterocycles. The molecule has 32 heavy (non-hydrogen) atoms. The molecule has 10 heteroatoms. The van der Waals surface area contributed by atoms with Gasteiger partial charge in [-0.3, -0.25) is 9.20 Å². The zero-order valence-corrected chi connectivity index (χ0v) is 19.8. The van der Waals surface area contributed by atoms with Crippen molar-refractivity contribution in [3.8, 4) is 5.69 Å². The van der Waals surface area contributed by atoms with E-state index in [1.165, 1.54) is 18.9 Å². The van der Waals surface area contributed by atoms with Crippen LogP contribution in [0.25, 0.3) is 11.3 Å². The molecule has 4 rings (SSSR count). The molecule has 7 nitrogen and oxygen atoms in total. The number of pyridine rings is 1. The summed E-state index contributed by atoms with van der Waals surface area (Å²) in [6.45, 7) is 3.83. The number of ether oxygens (including phenoxy) is 1. The van der Waals surface area contributed by atoms with Crippen molar-refractivity contribution in [2.45, 2.75) is 19.0 Å². The number of carbonyl (C=O) groups is 2. The summed E-state index contributed by atoms with van der Waals surface area (Å²) in [6.07, 6.45) is 1.67. The van der Waals surface area contributed by atoms with Gasteiger partial charge in [0.05, 0.1) is 28.5 Å². The van der Waals surface area contributed by atoms with Gasteiger partial charge in [-0.15, -0.1) is 10.2 Å². The molecule has 0 fully saturated rings. The number of rotatable bonds is 6. The number of fused-ring (bicyclic) bond motifs is 1. The smallest absolute Gasteiger partial charge is 0.337 e. The van der Waals surface area contributed by atoms with Crippen molar-refractivity contribution in [1.82, 2.24) is 19.2 Å². The molecular weight excluding hydrogens is 471 g/mol. The molecule has 164 valence electrons. The SMILES string of the molecule is COC(=O)c1ccc(-n2c(C)cc(C(=O)CSc3nnc4c(Cl)cc(Cl)cn34)c2C)cc1. The summed E-state index contributed by atoms with van der Waals surface area (Å²) in [5.41, 5.74) is 4.15. The fraction of sp³-hybridized carbons (Fsp3) is 0.182. The van der Waals surface area contributed by atoms with Gasteiger partial charge >= 0.3 is 5.97 Å². The van der Waals surface area contributed by atoms with Crippen LogP contribution in [0.3, 0.4) is 0 Å². The monoisotopic (exact) mass is 488 g/mol. The average molecular weight is 489 g/mol. The predicted molar refractivity (Wildman–Crippen MR) is 125 cm³/mol. The summed E-state index contributed by atoms with van der Waals surface area (Å²) < 4.78 is 8.40. The van der Waals surface area contributed by atoms with Gasteiger partial charge in [0.2, 0.25) is 0 Å². The minimum absolute atomic E-state index is 0.0367. The molecule has 0 spiro atoms. The van der Waals surface area contributed by atoms with Crippen LogP contribution in [0, 0.1) is 13.8 Å². The van der Waals surface area contributed by atoms with Crippen LogP contribution < -0.4 is 0 Å². The van der Waals surface area contributed by atoms with Gasteiger partial charge in [0, 0.05) is 28.8 Å². The number of Topliss-reactive ketones (excluding diaryl/α,β-unsaturated/α-hetero) is 1. The molecule has 1 aromatic carbocycles. The summed E-state index contributed by atoms with van der Waals surface area (Å²) in [7, 11) is 1.35. The van der Waals surface area contributed by atoms with Crippen molar-refractivity contribution in [1.29, 1.82) is 0 Å². The van der Waals surface area contributed by atoms with Crippen LogP contribution in [-0.2, 0) is 4.74 Å². The first kappa shape index (κ1) is 22.4. The molecule has 4 aromatic rings. The van der Waals surface area contributed by atoms with Gasteiger partial charge < -0.3 is 9.30 Å². The third kappa shape index (κ3) is 4.13. The Bertz CT molecular complexity index is 1350. The number of methoxy groups -OCH3 is 1. The van der Waals surface area contributed by atoms with Crippen molar-refractivity contribution in [2.24, 2.45) is 0 Å². The number of nitrogens with zero attached hydrogens (tertiary/aromatic N) is 4. The molecule has 0 N–H and O–H groups in total. The van der Waals surface area contributed by atoms with Crippen molar-refractivity contribution < 1.29 is 14.3 Å². The number of ketones is 1. The highest BCUT2D eigenvalue weighted by Gasteiger charge is 2.19.